The number of hydrogen-bond donors (Lipinski definition) is 1. The van der Waals surface area contributed by atoms with Gasteiger partial charge in [-0.15, -0.1) is 11.3 Å². The maximum absolute atomic E-state index is 12.8. The summed E-state index contributed by atoms with van der Waals surface area (Å²) in [5, 5.41) is 1.27. The van der Waals surface area contributed by atoms with Gasteiger partial charge in [0.15, 0.2) is 5.16 Å². The molecule has 0 saturated carbocycles. The second kappa shape index (κ2) is 8.35. The normalized spacial score (nSPS) is 12.7. The minimum absolute atomic E-state index is 0.0906. The van der Waals surface area contributed by atoms with Gasteiger partial charge in [0.2, 0.25) is 0 Å². The van der Waals surface area contributed by atoms with Crippen molar-refractivity contribution in [1.82, 2.24) is 19.4 Å². The van der Waals surface area contributed by atoms with Crippen molar-refractivity contribution in [2.24, 2.45) is 5.92 Å². The number of aryl methyl sites for hydroxylation is 2. The number of aromatic amines is 1. The summed E-state index contributed by atoms with van der Waals surface area (Å²) in [7, 11) is 0. The third-order valence-corrected chi connectivity index (χ3v) is 7.26. The van der Waals surface area contributed by atoms with Gasteiger partial charge in [-0.25, -0.2) is 9.97 Å². The Morgan fingerprint density at radius 1 is 1.23 bits per heavy atom. The number of fused-ring (bicyclic) bond motifs is 2. The second-order valence-electron chi connectivity index (χ2n) is 7.71. The van der Waals surface area contributed by atoms with E-state index >= 15 is 0 Å². The molecule has 4 rings (SSSR count). The lowest BCUT2D eigenvalue weighted by Gasteiger charge is -2.08. The highest BCUT2D eigenvalue weighted by atomic mass is 32.2. The molecule has 0 fully saturated rings. The summed E-state index contributed by atoms with van der Waals surface area (Å²) >= 11 is 2.96. The van der Waals surface area contributed by atoms with Crippen LogP contribution in [0.4, 0.5) is 0 Å². The highest BCUT2D eigenvalue weighted by Gasteiger charge is 2.17. The van der Waals surface area contributed by atoms with Crippen molar-refractivity contribution in [2.45, 2.75) is 51.4 Å². The number of thioether (sulfide) groups is 1. The predicted octanol–water partition coefficient (Wildman–Crippen LogP) is 4.49. The van der Waals surface area contributed by atoms with Gasteiger partial charge in [-0.3, -0.25) is 14.0 Å². The average molecular weight is 441 g/mol. The first kappa shape index (κ1) is 20.8. The van der Waals surface area contributed by atoms with Crippen LogP contribution in [0.25, 0.3) is 15.9 Å². The van der Waals surface area contributed by atoms with Gasteiger partial charge in [0.05, 0.1) is 11.1 Å². The molecule has 0 unspecified atom stereocenters. The van der Waals surface area contributed by atoms with Gasteiger partial charge in [0.1, 0.15) is 10.5 Å². The highest BCUT2D eigenvalue weighted by molar-refractivity contribution is 7.98. The van der Waals surface area contributed by atoms with Gasteiger partial charge >= 0.3 is 0 Å². The summed E-state index contributed by atoms with van der Waals surface area (Å²) in [6.45, 7) is 8.37. The molecule has 6 nitrogen and oxygen atoms in total. The van der Waals surface area contributed by atoms with Gasteiger partial charge in [-0.05, 0) is 43.4 Å². The second-order valence-corrected chi connectivity index (χ2v) is 9.88. The Morgan fingerprint density at radius 3 is 2.80 bits per heavy atom. The van der Waals surface area contributed by atoms with E-state index in [1.165, 1.54) is 17.8 Å². The van der Waals surface area contributed by atoms with Gasteiger partial charge in [0.25, 0.3) is 11.1 Å². The van der Waals surface area contributed by atoms with Crippen LogP contribution in [-0.2, 0) is 12.2 Å². The van der Waals surface area contributed by atoms with Crippen molar-refractivity contribution >= 4 is 39.0 Å². The van der Waals surface area contributed by atoms with E-state index in [4.69, 9.17) is 0 Å². The Morgan fingerprint density at radius 2 is 2.03 bits per heavy atom. The van der Waals surface area contributed by atoms with Crippen LogP contribution in [0.1, 0.15) is 42.0 Å². The number of rotatable bonds is 6. The molecule has 0 aliphatic heterocycles. The first-order valence-corrected chi connectivity index (χ1v) is 11.8. The first-order chi connectivity index (χ1) is 14.4. The molecule has 0 amide bonds. The smallest absolute Gasteiger partial charge is 0.260 e. The molecule has 0 saturated heterocycles. The summed E-state index contributed by atoms with van der Waals surface area (Å²) in [6, 6.07) is 5.31. The molecular weight excluding hydrogens is 416 g/mol. The Hall–Kier alpha value is -2.45. The molecule has 1 atom stereocenters. The van der Waals surface area contributed by atoms with Crippen LogP contribution in [0.15, 0.2) is 39.1 Å². The lowest BCUT2D eigenvalue weighted by atomic mass is 9.98. The number of nitrogens with one attached hydrogen (secondary N) is 1. The Kier molecular flexibility index (Phi) is 5.79. The molecule has 4 aromatic rings. The van der Waals surface area contributed by atoms with Gasteiger partial charge in [-0.1, -0.05) is 38.1 Å². The maximum atomic E-state index is 12.8. The fourth-order valence-corrected chi connectivity index (χ4v) is 5.30. The predicted molar refractivity (Wildman–Crippen MR) is 124 cm³/mol. The third kappa shape index (κ3) is 4.06. The van der Waals surface area contributed by atoms with Gasteiger partial charge in [0, 0.05) is 22.9 Å². The van der Waals surface area contributed by atoms with E-state index in [1.807, 2.05) is 19.1 Å². The fourth-order valence-electron chi connectivity index (χ4n) is 3.44. The van der Waals surface area contributed by atoms with Crippen molar-refractivity contribution in [1.29, 1.82) is 0 Å². The zero-order valence-corrected chi connectivity index (χ0v) is 19.1. The van der Waals surface area contributed by atoms with E-state index in [-0.39, 0.29) is 11.1 Å². The van der Waals surface area contributed by atoms with E-state index in [9.17, 15) is 9.59 Å². The number of pyridine rings is 1. The summed E-state index contributed by atoms with van der Waals surface area (Å²) in [5.74, 6) is 0.981. The quantitative estimate of drug-likeness (QED) is 0.353. The molecule has 0 bridgehead atoms. The molecule has 156 valence electrons. The van der Waals surface area contributed by atoms with Crippen LogP contribution in [0.2, 0.25) is 0 Å². The molecule has 0 spiro atoms. The molecular formula is C22H24N4O2S2. The molecule has 0 radical (unpaired) electrons. The van der Waals surface area contributed by atoms with Crippen LogP contribution in [-0.4, -0.2) is 19.4 Å². The lowest BCUT2D eigenvalue weighted by Crippen LogP contribution is -2.15. The van der Waals surface area contributed by atoms with E-state index < -0.39 is 0 Å². The van der Waals surface area contributed by atoms with Crippen molar-refractivity contribution < 1.29 is 0 Å². The molecule has 4 aromatic heterocycles. The van der Waals surface area contributed by atoms with Crippen LogP contribution >= 0.6 is 23.1 Å². The SMILES string of the molecule is CC[C@@H](C)Cc1c(C)sc2nc(SCc3cc(=O)n4cc(C)ccc4n3)[nH]c(=O)c12. The van der Waals surface area contributed by atoms with Gasteiger partial charge in [-0.2, -0.15) is 0 Å². The average Bonchev–Trinajstić information content (AvgIpc) is 3.02. The molecule has 4 heterocycles. The fraction of sp³-hybridized carbons (Fsp3) is 0.364. The van der Waals surface area contributed by atoms with Crippen LogP contribution < -0.4 is 11.1 Å². The molecule has 1 N–H and O–H groups in total. The maximum Gasteiger partial charge on any atom is 0.260 e. The van der Waals surface area contributed by atoms with E-state index in [0.29, 0.717) is 28.2 Å². The van der Waals surface area contributed by atoms with Gasteiger partial charge < -0.3 is 4.98 Å². The minimum atomic E-state index is -0.111. The van der Waals surface area contributed by atoms with Crippen molar-refractivity contribution in [3.8, 4) is 0 Å². The van der Waals surface area contributed by atoms with E-state index in [0.717, 1.165) is 39.1 Å². The van der Waals surface area contributed by atoms with Crippen LogP contribution in [0.5, 0.6) is 0 Å². The summed E-state index contributed by atoms with van der Waals surface area (Å²) in [6.07, 6.45) is 3.75. The number of hydrogen-bond acceptors (Lipinski definition) is 6. The zero-order valence-electron chi connectivity index (χ0n) is 17.5. The summed E-state index contributed by atoms with van der Waals surface area (Å²) in [4.78, 5) is 39.3. The minimum Gasteiger partial charge on any atom is -0.301 e. The Labute approximate surface area is 182 Å². The number of aromatic nitrogens is 4. The summed E-state index contributed by atoms with van der Waals surface area (Å²) in [5.41, 5.74) is 3.20. The standard InChI is InChI=1S/C22H24N4O2S2/c1-5-12(2)8-16-14(4)30-21-19(16)20(28)24-22(25-21)29-11-15-9-18(27)26-10-13(3)6-7-17(26)23-15/h6-7,9-10,12H,5,8,11H2,1-4H3,(H,24,25,28)/t12-/m1/s1. The van der Waals surface area contributed by atoms with Crippen LogP contribution in [0.3, 0.4) is 0 Å². The number of H-pyrrole nitrogens is 1. The Balaban J connectivity index is 1.62. The molecule has 0 aliphatic carbocycles. The highest BCUT2D eigenvalue weighted by Crippen LogP contribution is 2.31. The van der Waals surface area contributed by atoms with E-state index in [2.05, 4.69) is 35.7 Å². The summed E-state index contributed by atoms with van der Waals surface area (Å²) < 4.78 is 1.54. The van der Waals surface area contributed by atoms with Crippen molar-refractivity contribution in [2.75, 3.05) is 0 Å². The molecule has 30 heavy (non-hydrogen) atoms. The van der Waals surface area contributed by atoms with Crippen molar-refractivity contribution in [3.63, 3.8) is 0 Å². The Bertz CT molecular complexity index is 1350. The topological polar surface area (TPSA) is 80.1 Å². The van der Waals surface area contributed by atoms with Crippen LogP contribution in [0, 0.1) is 19.8 Å². The zero-order chi connectivity index (χ0) is 21.4. The lowest BCUT2D eigenvalue weighted by molar-refractivity contribution is 0.561. The third-order valence-electron chi connectivity index (χ3n) is 5.31. The number of thiophene rings is 1. The monoisotopic (exact) mass is 440 g/mol. The largest absolute Gasteiger partial charge is 0.301 e. The first-order valence-electron chi connectivity index (χ1n) is 9.99. The van der Waals surface area contributed by atoms with Crippen molar-refractivity contribution in [3.05, 3.63) is 66.8 Å². The molecule has 8 heteroatoms. The number of nitrogens with zero attached hydrogens (tertiary/aromatic N) is 3. The van der Waals surface area contributed by atoms with E-state index in [1.54, 1.807) is 21.9 Å². The molecule has 0 aliphatic rings. The molecule has 0 aromatic carbocycles.